The van der Waals surface area contributed by atoms with Gasteiger partial charge in [-0.05, 0) is 161 Å². The quantitative estimate of drug-likeness (QED) is 0.0169. The maximum absolute atomic E-state index is 13.1. The van der Waals surface area contributed by atoms with Crippen LogP contribution in [0.4, 0.5) is 0 Å². The highest BCUT2D eigenvalue weighted by Crippen LogP contribution is 2.45. The lowest BCUT2D eigenvalue weighted by atomic mass is 10.1. The Morgan fingerprint density at radius 3 is 0.849 bits per heavy atom. The van der Waals surface area contributed by atoms with Crippen LogP contribution >= 0.6 is 15.6 Å². The van der Waals surface area contributed by atoms with Crippen LogP contribution in [0.5, 0.6) is 0 Å². The Bertz CT molecular complexity index is 2780. The number of aliphatic hydroxyl groups is 1. The van der Waals surface area contributed by atoms with Crippen molar-refractivity contribution in [3.8, 4) is 0 Å². The first-order valence-corrected chi connectivity index (χ1v) is 42.7. The van der Waals surface area contributed by atoms with Gasteiger partial charge in [0.25, 0.3) is 0 Å². The molecule has 0 radical (unpaired) electrons. The lowest BCUT2D eigenvalue weighted by Gasteiger charge is -2.21. The second-order valence-corrected chi connectivity index (χ2v) is 28.4. The van der Waals surface area contributed by atoms with Gasteiger partial charge in [0.2, 0.25) is 0 Å². The number of carbonyl (C=O) groups is 4. The van der Waals surface area contributed by atoms with Gasteiger partial charge in [0.15, 0.2) is 12.2 Å². The third-order valence-corrected chi connectivity index (χ3v) is 17.5. The standard InChI is InChI=1S/C87H138O17P2/c1-5-9-13-17-21-25-29-33-36-38-40-42-45-48-51-55-59-63-67-71-84(89)97-77-82(103-86(91)73-69-65-61-57-53-47-32-28-24-20-16-12-8-4)79-101-105(93,94)99-75-81(88)76-100-106(95,96)102-80-83(104-87(92)74-70-66-62-58-54-50-44-35-31-27-23-19-15-11-7-3)78-98-85(90)72-68-64-60-56-52-49-46-43-41-39-37-34-30-26-22-18-14-10-6-2/h9-11,13-16,20-23,25-28,32-37,40-44,49,52,54,58,66,70,81-83,88H,5-8,12,17-19,24,29-31,38-39,45-48,50-51,53,55-57,59-65,67-69,71-80H2,1-4H3,(H,93,94)(H,95,96)/b13-9-,14-10-,15-11-,20-16-,25-21-,26-22-,27-23-,32-28-,36-33-,37-34-,42-40-,43-41-,44-35-,52-49-,58-54-,70-66-. The number of ether oxygens (including phenoxy) is 4. The lowest BCUT2D eigenvalue weighted by molar-refractivity contribution is -0.161. The minimum atomic E-state index is -5.02. The van der Waals surface area contributed by atoms with Gasteiger partial charge < -0.3 is 33.8 Å². The molecule has 19 heteroatoms. The van der Waals surface area contributed by atoms with E-state index >= 15 is 0 Å². The van der Waals surface area contributed by atoms with E-state index in [-0.39, 0.29) is 25.7 Å². The van der Waals surface area contributed by atoms with Crippen LogP contribution < -0.4 is 0 Å². The van der Waals surface area contributed by atoms with Crippen molar-refractivity contribution in [3.63, 3.8) is 0 Å². The molecule has 5 atom stereocenters. The zero-order valence-electron chi connectivity index (χ0n) is 65.3. The molecule has 598 valence electrons. The summed E-state index contributed by atoms with van der Waals surface area (Å²) >= 11 is 0. The number of hydrogen-bond donors (Lipinski definition) is 3. The van der Waals surface area contributed by atoms with Crippen LogP contribution in [0, 0.1) is 0 Å². The third-order valence-electron chi connectivity index (χ3n) is 15.5. The van der Waals surface area contributed by atoms with Gasteiger partial charge in [-0.15, -0.1) is 0 Å². The predicted molar refractivity (Wildman–Crippen MR) is 436 cm³/mol. The number of hydrogen-bond acceptors (Lipinski definition) is 15. The Morgan fingerprint density at radius 1 is 0.283 bits per heavy atom. The fourth-order valence-corrected chi connectivity index (χ4v) is 11.2. The molecule has 0 aromatic rings. The van der Waals surface area contributed by atoms with Crippen LogP contribution in [0.2, 0.25) is 0 Å². The average Bonchev–Trinajstić information content (AvgIpc) is 0.933. The highest BCUT2D eigenvalue weighted by atomic mass is 31.2. The summed E-state index contributed by atoms with van der Waals surface area (Å²) in [5.41, 5.74) is 0. The molecule has 0 bridgehead atoms. The summed E-state index contributed by atoms with van der Waals surface area (Å²) in [5, 5.41) is 10.6. The van der Waals surface area contributed by atoms with Gasteiger partial charge in [-0.25, -0.2) is 9.13 Å². The summed E-state index contributed by atoms with van der Waals surface area (Å²) in [4.78, 5) is 73.0. The molecule has 0 aliphatic carbocycles. The highest BCUT2D eigenvalue weighted by molar-refractivity contribution is 7.47. The Morgan fingerprint density at radius 2 is 0.528 bits per heavy atom. The molecule has 0 rings (SSSR count). The number of rotatable bonds is 72. The molecule has 0 aromatic carbocycles. The summed E-state index contributed by atoms with van der Waals surface area (Å²) in [5.74, 6) is -2.41. The summed E-state index contributed by atoms with van der Waals surface area (Å²) in [7, 11) is -10.0. The smallest absolute Gasteiger partial charge is 0.462 e. The molecular formula is C87H138O17P2. The number of carbonyl (C=O) groups excluding carboxylic acids is 4. The van der Waals surface area contributed by atoms with E-state index in [1.54, 1.807) is 12.2 Å². The minimum Gasteiger partial charge on any atom is -0.462 e. The van der Waals surface area contributed by atoms with Crippen LogP contribution in [0.3, 0.4) is 0 Å². The van der Waals surface area contributed by atoms with Gasteiger partial charge in [0.05, 0.1) is 32.8 Å². The SMILES string of the molecule is CC/C=C\C/C=C\C/C=C\C/C=C\C/C=C\CCCCCC(=O)OCC(COP(=O)(O)OCC(O)COP(=O)(O)OCC(COC(=O)CCCCCCCC/C=C\C/C=C\C/C=C\C/C=C\CC)OC(=O)CCCCCCC/C=C\C/C=C\CCC)OC(=O)C/C=C\C/C=C\C/C=C\C/C=C\C/C=C\CC. The molecule has 5 unspecified atom stereocenters. The summed E-state index contributed by atoms with van der Waals surface area (Å²) in [6.45, 7) is 4.25. The van der Waals surface area contributed by atoms with Crippen molar-refractivity contribution in [1.82, 2.24) is 0 Å². The van der Waals surface area contributed by atoms with E-state index in [2.05, 4.69) is 198 Å². The zero-order valence-corrected chi connectivity index (χ0v) is 67.1. The van der Waals surface area contributed by atoms with Crippen LogP contribution in [-0.2, 0) is 65.4 Å². The van der Waals surface area contributed by atoms with E-state index in [9.17, 15) is 43.2 Å². The second kappa shape index (κ2) is 77.1. The molecule has 0 heterocycles. The van der Waals surface area contributed by atoms with Crippen LogP contribution in [0.1, 0.15) is 272 Å². The Balaban J connectivity index is 5.48. The summed E-state index contributed by atoms with van der Waals surface area (Å²) in [6, 6.07) is 0. The molecule has 106 heavy (non-hydrogen) atoms. The van der Waals surface area contributed by atoms with Crippen LogP contribution in [0.25, 0.3) is 0 Å². The number of phosphoric acid groups is 2. The van der Waals surface area contributed by atoms with E-state index < -0.39 is 97.5 Å². The van der Waals surface area contributed by atoms with Crippen molar-refractivity contribution in [2.75, 3.05) is 39.6 Å². The molecule has 0 aliphatic rings. The topological polar surface area (TPSA) is 237 Å². The predicted octanol–water partition coefficient (Wildman–Crippen LogP) is 23.3. The molecule has 0 fully saturated rings. The van der Waals surface area contributed by atoms with Gasteiger partial charge in [-0.1, -0.05) is 280 Å². The van der Waals surface area contributed by atoms with Gasteiger partial charge >= 0.3 is 39.5 Å². The van der Waals surface area contributed by atoms with Crippen molar-refractivity contribution in [3.05, 3.63) is 194 Å². The number of aliphatic hydroxyl groups excluding tert-OH is 1. The highest BCUT2D eigenvalue weighted by Gasteiger charge is 2.30. The largest absolute Gasteiger partial charge is 0.472 e. The Labute approximate surface area is 640 Å². The van der Waals surface area contributed by atoms with Crippen LogP contribution in [0.15, 0.2) is 194 Å². The van der Waals surface area contributed by atoms with Gasteiger partial charge in [0, 0.05) is 19.3 Å². The lowest BCUT2D eigenvalue weighted by Crippen LogP contribution is -2.30. The normalized spacial score (nSPS) is 14.9. The maximum Gasteiger partial charge on any atom is 0.472 e. The van der Waals surface area contributed by atoms with E-state index in [0.29, 0.717) is 25.7 Å². The van der Waals surface area contributed by atoms with Crippen molar-refractivity contribution in [2.24, 2.45) is 0 Å². The maximum atomic E-state index is 13.1. The minimum absolute atomic E-state index is 0.0646. The van der Waals surface area contributed by atoms with Crippen molar-refractivity contribution in [1.29, 1.82) is 0 Å². The van der Waals surface area contributed by atoms with Crippen molar-refractivity contribution >= 4 is 39.5 Å². The summed E-state index contributed by atoms with van der Waals surface area (Å²) in [6.07, 6.45) is 94.5. The van der Waals surface area contributed by atoms with E-state index in [0.717, 1.165) is 193 Å². The van der Waals surface area contributed by atoms with E-state index in [1.165, 1.54) is 0 Å². The first kappa shape index (κ1) is 99.9. The van der Waals surface area contributed by atoms with Crippen molar-refractivity contribution < 1.29 is 80.2 Å². The zero-order chi connectivity index (χ0) is 77.4. The molecule has 0 aromatic heterocycles. The third kappa shape index (κ3) is 76.1. The molecule has 0 aliphatic heterocycles. The summed E-state index contributed by atoms with van der Waals surface area (Å²) < 4.78 is 68.4. The number of allylic oxidation sites excluding steroid dienone is 31. The number of phosphoric ester groups is 2. The van der Waals surface area contributed by atoms with E-state index in [4.69, 9.17) is 37.0 Å². The molecule has 0 amide bonds. The molecule has 0 saturated carbocycles. The monoisotopic (exact) mass is 1520 g/mol. The first-order chi connectivity index (χ1) is 51.7. The molecular weight excluding hydrogens is 1380 g/mol. The fourth-order valence-electron chi connectivity index (χ4n) is 9.64. The van der Waals surface area contributed by atoms with Gasteiger partial charge in [0.1, 0.15) is 19.3 Å². The number of unbranched alkanes of at least 4 members (excludes halogenated alkanes) is 15. The fraction of sp³-hybridized carbons (Fsp3) is 0.586. The molecule has 0 spiro atoms. The van der Waals surface area contributed by atoms with E-state index in [1.807, 2.05) is 12.2 Å². The number of esters is 4. The van der Waals surface area contributed by atoms with Crippen molar-refractivity contribution in [2.45, 2.75) is 290 Å². The Kier molecular flexibility index (Phi) is 72.6. The van der Waals surface area contributed by atoms with Gasteiger partial charge in [-0.3, -0.25) is 37.3 Å². The van der Waals surface area contributed by atoms with Gasteiger partial charge in [-0.2, -0.15) is 0 Å². The Hall–Kier alpha value is -6.10. The van der Waals surface area contributed by atoms with Crippen LogP contribution in [-0.4, -0.2) is 96.7 Å². The first-order valence-electron chi connectivity index (χ1n) is 39.7. The second-order valence-electron chi connectivity index (χ2n) is 25.5. The molecule has 17 nitrogen and oxygen atoms in total. The molecule has 3 N–H and O–H groups in total. The molecule has 0 saturated heterocycles. The average molecular weight is 1520 g/mol.